The van der Waals surface area contributed by atoms with Crippen molar-refractivity contribution in [2.24, 2.45) is 7.05 Å². The van der Waals surface area contributed by atoms with Crippen molar-refractivity contribution in [1.82, 2.24) is 9.78 Å². The fourth-order valence-corrected chi connectivity index (χ4v) is 2.78. The highest BCUT2D eigenvalue weighted by Gasteiger charge is 2.07. The monoisotopic (exact) mass is 290 g/mol. The van der Waals surface area contributed by atoms with Crippen molar-refractivity contribution in [3.8, 4) is 11.8 Å². The van der Waals surface area contributed by atoms with E-state index in [0.717, 1.165) is 10.7 Å². The van der Waals surface area contributed by atoms with Crippen molar-refractivity contribution >= 4 is 11.8 Å². The molecule has 1 aromatic heterocycles. The number of hydrogen-bond acceptors (Lipinski definition) is 3. The Kier molecular flexibility index (Phi) is 4.83. The molecule has 0 atom stereocenters. The van der Waals surface area contributed by atoms with Crippen molar-refractivity contribution in [1.29, 1.82) is 0 Å². The van der Waals surface area contributed by atoms with Gasteiger partial charge in [0.05, 0.1) is 10.7 Å². The van der Waals surface area contributed by atoms with Crippen LogP contribution in [-0.2, 0) is 12.8 Å². The Morgan fingerprint density at radius 2 is 2.20 bits per heavy atom. The lowest BCUT2D eigenvalue weighted by Crippen LogP contribution is -1.94. The Labute approximate surface area is 121 Å². The Hall–Kier alpha value is -1.77. The minimum Gasteiger partial charge on any atom is -0.384 e. The van der Waals surface area contributed by atoms with Crippen molar-refractivity contribution in [2.75, 3.05) is 6.61 Å². The lowest BCUT2D eigenvalue weighted by molar-refractivity contribution is 0.350. The summed E-state index contributed by atoms with van der Waals surface area (Å²) in [7, 11) is 1.87. The SMILES string of the molecule is Cc1cc(SCc2ccc(C#CCO)cc2F)n(C)n1. The standard InChI is InChI=1S/C15H15FN2OS/c1-11-8-15(18(2)17-11)20-10-13-6-5-12(4-3-7-19)9-14(13)16/h5-6,8-9,19H,7,10H2,1-2H3. The summed E-state index contributed by atoms with van der Waals surface area (Å²) in [5.74, 6) is 5.45. The number of aromatic nitrogens is 2. The molecule has 0 spiro atoms. The van der Waals surface area contributed by atoms with Crippen LogP contribution in [0.15, 0.2) is 29.3 Å². The first kappa shape index (κ1) is 14.6. The van der Waals surface area contributed by atoms with E-state index in [-0.39, 0.29) is 12.4 Å². The molecular weight excluding hydrogens is 275 g/mol. The summed E-state index contributed by atoms with van der Waals surface area (Å²) >= 11 is 1.54. The van der Waals surface area contributed by atoms with E-state index in [9.17, 15) is 4.39 Å². The normalized spacial score (nSPS) is 10.2. The summed E-state index contributed by atoms with van der Waals surface area (Å²) in [6.45, 7) is 1.71. The summed E-state index contributed by atoms with van der Waals surface area (Å²) in [6.07, 6.45) is 0. The minimum atomic E-state index is -0.277. The predicted octanol–water partition coefficient (Wildman–Crippen LogP) is 2.50. The molecule has 0 bridgehead atoms. The fourth-order valence-electron chi connectivity index (χ4n) is 1.76. The van der Waals surface area contributed by atoms with Crippen LogP contribution in [0.3, 0.4) is 0 Å². The summed E-state index contributed by atoms with van der Waals surface area (Å²) in [5.41, 5.74) is 2.15. The maximum atomic E-state index is 13.9. The van der Waals surface area contributed by atoms with E-state index < -0.39 is 0 Å². The molecule has 2 rings (SSSR count). The van der Waals surface area contributed by atoms with Gasteiger partial charge in [0, 0.05) is 18.4 Å². The molecule has 1 aromatic carbocycles. The number of aliphatic hydroxyl groups is 1. The smallest absolute Gasteiger partial charge is 0.128 e. The van der Waals surface area contributed by atoms with Crippen LogP contribution < -0.4 is 0 Å². The van der Waals surface area contributed by atoms with Gasteiger partial charge in [-0.25, -0.2) is 4.39 Å². The fraction of sp³-hybridized carbons (Fsp3) is 0.267. The van der Waals surface area contributed by atoms with Crippen LogP contribution in [0.5, 0.6) is 0 Å². The third-order valence-electron chi connectivity index (χ3n) is 2.70. The van der Waals surface area contributed by atoms with Crippen LogP contribution >= 0.6 is 11.8 Å². The molecule has 3 nitrogen and oxygen atoms in total. The number of benzene rings is 1. The van der Waals surface area contributed by atoms with Crippen LogP contribution in [-0.4, -0.2) is 21.5 Å². The van der Waals surface area contributed by atoms with E-state index in [1.807, 2.05) is 20.0 Å². The highest BCUT2D eigenvalue weighted by Crippen LogP contribution is 2.24. The first-order chi connectivity index (χ1) is 9.60. The van der Waals surface area contributed by atoms with Crippen LogP contribution in [0.1, 0.15) is 16.8 Å². The number of rotatable bonds is 3. The van der Waals surface area contributed by atoms with Crippen molar-refractivity contribution in [3.05, 3.63) is 46.9 Å². The molecule has 1 N–H and O–H groups in total. The maximum absolute atomic E-state index is 13.9. The van der Waals surface area contributed by atoms with Gasteiger partial charge in [-0.05, 0) is 30.7 Å². The van der Waals surface area contributed by atoms with Gasteiger partial charge in [0.25, 0.3) is 0 Å². The first-order valence-corrected chi connectivity index (χ1v) is 7.10. The van der Waals surface area contributed by atoms with Crippen LogP contribution in [0.4, 0.5) is 4.39 Å². The molecule has 0 amide bonds. The third kappa shape index (κ3) is 3.62. The van der Waals surface area contributed by atoms with Gasteiger partial charge in [-0.3, -0.25) is 4.68 Å². The van der Waals surface area contributed by atoms with Gasteiger partial charge in [0.1, 0.15) is 12.4 Å². The second-order valence-electron chi connectivity index (χ2n) is 4.30. The van der Waals surface area contributed by atoms with Crippen LogP contribution in [0.25, 0.3) is 0 Å². The number of aliphatic hydroxyl groups excluding tert-OH is 1. The zero-order valence-electron chi connectivity index (χ0n) is 11.4. The van der Waals surface area contributed by atoms with E-state index in [1.165, 1.54) is 6.07 Å². The average molecular weight is 290 g/mol. The highest BCUT2D eigenvalue weighted by molar-refractivity contribution is 7.98. The van der Waals surface area contributed by atoms with E-state index in [1.54, 1.807) is 28.6 Å². The molecule has 1 heterocycles. The molecule has 20 heavy (non-hydrogen) atoms. The lowest BCUT2D eigenvalue weighted by atomic mass is 10.1. The molecule has 0 saturated carbocycles. The van der Waals surface area contributed by atoms with Crippen molar-refractivity contribution in [2.45, 2.75) is 17.7 Å². The Morgan fingerprint density at radius 3 is 2.80 bits per heavy atom. The second kappa shape index (κ2) is 6.60. The molecule has 0 saturated heterocycles. The number of thioether (sulfide) groups is 1. The highest BCUT2D eigenvalue weighted by atomic mass is 32.2. The molecule has 0 fully saturated rings. The van der Waals surface area contributed by atoms with Gasteiger partial charge in [-0.15, -0.1) is 11.8 Å². The zero-order chi connectivity index (χ0) is 14.5. The molecule has 0 aliphatic heterocycles. The average Bonchev–Trinajstić information content (AvgIpc) is 2.73. The summed E-state index contributed by atoms with van der Waals surface area (Å²) < 4.78 is 15.7. The molecule has 0 unspecified atom stereocenters. The van der Waals surface area contributed by atoms with Crippen LogP contribution in [0, 0.1) is 24.6 Å². The van der Waals surface area contributed by atoms with Crippen molar-refractivity contribution < 1.29 is 9.50 Å². The largest absolute Gasteiger partial charge is 0.384 e. The van der Waals surface area contributed by atoms with Gasteiger partial charge in [0.15, 0.2) is 0 Å². The molecular formula is C15H15FN2OS. The Morgan fingerprint density at radius 1 is 1.40 bits per heavy atom. The number of halogens is 1. The lowest BCUT2D eigenvalue weighted by Gasteiger charge is -2.04. The Balaban J connectivity index is 2.08. The quantitative estimate of drug-likeness (QED) is 0.697. The van der Waals surface area contributed by atoms with E-state index in [2.05, 4.69) is 16.9 Å². The van der Waals surface area contributed by atoms with Crippen molar-refractivity contribution in [3.63, 3.8) is 0 Å². The summed E-state index contributed by atoms with van der Waals surface area (Å²) in [6, 6.07) is 6.86. The Bertz CT molecular complexity index is 670. The first-order valence-electron chi connectivity index (χ1n) is 6.11. The van der Waals surface area contributed by atoms with Gasteiger partial charge in [-0.1, -0.05) is 17.9 Å². The molecule has 0 aliphatic rings. The minimum absolute atomic E-state index is 0.223. The van der Waals surface area contributed by atoms with E-state index in [4.69, 9.17) is 5.11 Å². The van der Waals surface area contributed by atoms with Gasteiger partial charge < -0.3 is 5.11 Å². The second-order valence-corrected chi connectivity index (χ2v) is 5.30. The van der Waals surface area contributed by atoms with Gasteiger partial charge in [-0.2, -0.15) is 5.10 Å². The van der Waals surface area contributed by atoms with Gasteiger partial charge >= 0.3 is 0 Å². The predicted molar refractivity (Wildman–Crippen MR) is 77.9 cm³/mol. The van der Waals surface area contributed by atoms with Crippen LogP contribution in [0.2, 0.25) is 0 Å². The molecule has 104 valence electrons. The molecule has 0 aliphatic carbocycles. The zero-order valence-corrected chi connectivity index (χ0v) is 12.2. The topological polar surface area (TPSA) is 38.0 Å². The maximum Gasteiger partial charge on any atom is 0.128 e. The summed E-state index contributed by atoms with van der Waals surface area (Å²) in [4.78, 5) is 0. The number of hydrogen-bond donors (Lipinski definition) is 1. The number of nitrogens with zero attached hydrogens (tertiary/aromatic N) is 2. The molecule has 0 radical (unpaired) electrons. The molecule has 5 heteroatoms. The van der Waals surface area contributed by atoms with E-state index in [0.29, 0.717) is 16.9 Å². The number of aryl methyl sites for hydroxylation is 2. The van der Waals surface area contributed by atoms with Gasteiger partial charge in [0.2, 0.25) is 0 Å². The third-order valence-corrected chi connectivity index (χ3v) is 3.83. The van der Waals surface area contributed by atoms with E-state index >= 15 is 0 Å². The molecule has 2 aromatic rings. The summed E-state index contributed by atoms with van der Waals surface area (Å²) in [5, 5.41) is 13.9.